The third-order valence-electron chi connectivity index (χ3n) is 2.08. The summed E-state index contributed by atoms with van der Waals surface area (Å²) in [6.45, 7) is 0. The van der Waals surface area contributed by atoms with E-state index in [1.807, 2.05) is 6.07 Å². The molecule has 3 nitrogen and oxygen atoms in total. The predicted molar refractivity (Wildman–Crippen MR) is 63.5 cm³/mol. The van der Waals surface area contributed by atoms with E-state index in [0.717, 1.165) is 10.0 Å². The molecule has 1 aromatic heterocycles. The highest BCUT2D eigenvalue weighted by molar-refractivity contribution is 9.10. The van der Waals surface area contributed by atoms with Crippen molar-refractivity contribution in [3.8, 4) is 16.9 Å². The minimum atomic E-state index is 0.156. The molecule has 76 valence electrons. The molecule has 0 amide bonds. The Morgan fingerprint density at radius 3 is 2.67 bits per heavy atom. The Bertz CT molecular complexity index is 500. The molecule has 1 aromatic carbocycles. The highest BCUT2D eigenvalue weighted by atomic mass is 79.9. The molecule has 0 aliphatic rings. The number of nitrogens with two attached hydrogens (primary N) is 1. The first-order chi connectivity index (χ1) is 7.18. The molecule has 0 aliphatic heterocycles. The molecule has 0 unspecified atom stereocenters. The molecule has 0 saturated carbocycles. The maximum atomic E-state index is 9.74. The predicted octanol–water partition coefficient (Wildman–Crippen LogP) is 2.80. The van der Waals surface area contributed by atoms with Crippen molar-refractivity contribution in [2.75, 3.05) is 5.73 Å². The van der Waals surface area contributed by atoms with Crippen molar-refractivity contribution in [1.82, 2.24) is 4.98 Å². The Labute approximate surface area is 95.7 Å². The van der Waals surface area contributed by atoms with Gasteiger partial charge in [-0.15, -0.1) is 0 Å². The summed E-state index contributed by atoms with van der Waals surface area (Å²) >= 11 is 3.40. The second-order valence-corrected chi connectivity index (χ2v) is 3.99. The number of hydrogen-bond donors (Lipinski definition) is 2. The SMILES string of the molecule is Nc1ccc(-c2cnccc2Br)c(O)c1. The number of anilines is 1. The molecule has 2 aromatic rings. The molecular formula is C11H9BrN2O. The molecule has 0 aliphatic carbocycles. The molecule has 0 saturated heterocycles. The molecule has 1 heterocycles. The summed E-state index contributed by atoms with van der Waals surface area (Å²) in [6.07, 6.45) is 3.37. The fourth-order valence-corrected chi connectivity index (χ4v) is 1.79. The third-order valence-corrected chi connectivity index (χ3v) is 2.77. The highest BCUT2D eigenvalue weighted by Crippen LogP contribution is 2.34. The second kappa shape index (κ2) is 3.90. The van der Waals surface area contributed by atoms with Gasteiger partial charge in [0, 0.05) is 39.7 Å². The van der Waals surface area contributed by atoms with Gasteiger partial charge in [0.1, 0.15) is 5.75 Å². The van der Waals surface area contributed by atoms with Crippen LogP contribution < -0.4 is 5.73 Å². The Morgan fingerprint density at radius 1 is 1.20 bits per heavy atom. The molecule has 0 bridgehead atoms. The average Bonchev–Trinajstić information content (AvgIpc) is 2.20. The number of hydrogen-bond acceptors (Lipinski definition) is 3. The molecule has 0 atom stereocenters. The summed E-state index contributed by atoms with van der Waals surface area (Å²) in [5.74, 6) is 0.156. The van der Waals surface area contributed by atoms with Crippen LogP contribution in [0.2, 0.25) is 0 Å². The number of nitrogens with zero attached hydrogens (tertiary/aromatic N) is 1. The first-order valence-corrected chi connectivity index (χ1v) is 5.16. The van der Waals surface area contributed by atoms with E-state index in [4.69, 9.17) is 5.73 Å². The van der Waals surface area contributed by atoms with Crippen LogP contribution in [0.25, 0.3) is 11.1 Å². The lowest BCUT2D eigenvalue weighted by Crippen LogP contribution is -1.87. The van der Waals surface area contributed by atoms with Crippen molar-refractivity contribution in [2.24, 2.45) is 0 Å². The van der Waals surface area contributed by atoms with Crippen LogP contribution in [-0.4, -0.2) is 10.1 Å². The van der Waals surface area contributed by atoms with Crippen LogP contribution in [0.15, 0.2) is 41.1 Å². The van der Waals surface area contributed by atoms with Crippen molar-refractivity contribution < 1.29 is 5.11 Å². The number of aromatic hydroxyl groups is 1. The smallest absolute Gasteiger partial charge is 0.125 e. The van der Waals surface area contributed by atoms with Gasteiger partial charge >= 0.3 is 0 Å². The van der Waals surface area contributed by atoms with Crippen LogP contribution in [-0.2, 0) is 0 Å². The Kier molecular flexibility index (Phi) is 2.60. The number of nitrogen functional groups attached to an aromatic ring is 1. The van der Waals surface area contributed by atoms with Gasteiger partial charge in [-0.25, -0.2) is 0 Å². The van der Waals surface area contributed by atoms with Crippen molar-refractivity contribution in [3.63, 3.8) is 0 Å². The van der Waals surface area contributed by atoms with Gasteiger partial charge in [-0.1, -0.05) is 15.9 Å². The summed E-state index contributed by atoms with van der Waals surface area (Å²) in [6, 6.07) is 6.86. The summed E-state index contributed by atoms with van der Waals surface area (Å²) < 4.78 is 0.887. The normalized spacial score (nSPS) is 10.2. The molecule has 3 N–H and O–H groups in total. The minimum absolute atomic E-state index is 0.156. The van der Waals surface area contributed by atoms with Crippen molar-refractivity contribution in [2.45, 2.75) is 0 Å². The van der Waals surface area contributed by atoms with E-state index in [0.29, 0.717) is 11.3 Å². The number of benzene rings is 1. The second-order valence-electron chi connectivity index (χ2n) is 3.13. The molecule has 15 heavy (non-hydrogen) atoms. The van der Waals surface area contributed by atoms with Crippen LogP contribution >= 0.6 is 15.9 Å². The van der Waals surface area contributed by atoms with Crippen LogP contribution in [0.5, 0.6) is 5.75 Å². The van der Waals surface area contributed by atoms with E-state index >= 15 is 0 Å². The highest BCUT2D eigenvalue weighted by Gasteiger charge is 2.07. The lowest BCUT2D eigenvalue weighted by Gasteiger charge is -2.06. The van der Waals surface area contributed by atoms with Crippen LogP contribution in [0.3, 0.4) is 0 Å². The largest absolute Gasteiger partial charge is 0.507 e. The van der Waals surface area contributed by atoms with Gasteiger partial charge < -0.3 is 10.8 Å². The number of rotatable bonds is 1. The quantitative estimate of drug-likeness (QED) is 0.779. The molecule has 4 heteroatoms. The molecule has 0 spiro atoms. The first-order valence-electron chi connectivity index (χ1n) is 4.37. The number of phenols is 1. The Morgan fingerprint density at radius 2 is 2.00 bits per heavy atom. The minimum Gasteiger partial charge on any atom is -0.507 e. The van der Waals surface area contributed by atoms with Crippen molar-refractivity contribution in [3.05, 3.63) is 41.1 Å². The zero-order chi connectivity index (χ0) is 10.8. The number of pyridine rings is 1. The molecule has 2 rings (SSSR count). The van der Waals surface area contributed by atoms with Gasteiger partial charge in [0.2, 0.25) is 0 Å². The van der Waals surface area contributed by atoms with E-state index in [-0.39, 0.29) is 5.75 Å². The Balaban J connectivity index is 2.60. The van der Waals surface area contributed by atoms with Gasteiger partial charge in [0.25, 0.3) is 0 Å². The molecule has 0 fully saturated rings. The first kappa shape index (κ1) is 9.98. The fraction of sp³-hybridized carbons (Fsp3) is 0. The fourth-order valence-electron chi connectivity index (χ4n) is 1.35. The monoisotopic (exact) mass is 264 g/mol. The van der Waals surface area contributed by atoms with Gasteiger partial charge in [0.15, 0.2) is 0 Å². The maximum absolute atomic E-state index is 9.74. The summed E-state index contributed by atoms with van der Waals surface area (Å²) in [5.41, 5.74) is 7.65. The molecular weight excluding hydrogens is 256 g/mol. The van der Waals surface area contributed by atoms with E-state index in [1.165, 1.54) is 6.07 Å². The van der Waals surface area contributed by atoms with Crippen LogP contribution in [0.4, 0.5) is 5.69 Å². The van der Waals surface area contributed by atoms with E-state index in [9.17, 15) is 5.11 Å². The van der Waals surface area contributed by atoms with E-state index in [1.54, 1.807) is 24.5 Å². The van der Waals surface area contributed by atoms with Gasteiger partial charge in [0.05, 0.1) is 0 Å². The van der Waals surface area contributed by atoms with Gasteiger partial charge in [-0.3, -0.25) is 4.98 Å². The Hall–Kier alpha value is -1.55. The third kappa shape index (κ3) is 1.94. The van der Waals surface area contributed by atoms with Crippen molar-refractivity contribution in [1.29, 1.82) is 0 Å². The summed E-state index contributed by atoms with van der Waals surface area (Å²) in [4.78, 5) is 4.01. The lowest BCUT2D eigenvalue weighted by molar-refractivity contribution is 0.477. The van der Waals surface area contributed by atoms with Gasteiger partial charge in [-0.05, 0) is 18.2 Å². The summed E-state index contributed by atoms with van der Waals surface area (Å²) in [7, 11) is 0. The van der Waals surface area contributed by atoms with Crippen LogP contribution in [0, 0.1) is 0 Å². The van der Waals surface area contributed by atoms with Gasteiger partial charge in [-0.2, -0.15) is 0 Å². The zero-order valence-corrected chi connectivity index (χ0v) is 9.40. The van der Waals surface area contributed by atoms with Crippen molar-refractivity contribution >= 4 is 21.6 Å². The number of phenolic OH excluding ortho intramolecular Hbond substituents is 1. The number of halogens is 1. The topological polar surface area (TPSA) is 59.1 Å². The zero-order valence-electron chi connectivity index (χ0n) is 7.81. The summed E-state index contributed by atoms with van der Waals surface area (Å²) in [5, 5.41) is 9.74. The van der Waals surface area contributed by atoms with E-state index in [2.05, 4.69) is 20.9 Å². The standard InChI is InChI=1S/C11H9BrN2O/c12-10-3-4-14-6-9(10)8-2-1-7(13)5-11(8)15/h1-6,15H,13H2. The lowest BCUT2D eigenvalue weighted by atomic mass is 10.1. The van der Waals surface area contributed by atoms with Crippen LogP contribution in [0.1, 0.15) is 0 Å². The maximum Gasteiger partial charge on any atom is 0.125 e. The molecule has 0 radical (unpaired) electrons. The average molecular weight is 265 g/mol. The van der Waals surface area contributed by atoms with E-state index < -0.39 is 0 Å². The number of aromatic nitrogens is 1.